The van der Waals surface area contributed by atoms with Gasteiger partial charge in [0, 0.05) is 24.9 Å². The van der Waals surface area contributed by atoms with Gasteiger partial charge in [0.25, 0.3) is 0 Å². The Kier molecular flexibility index (Phi) is 4.20. The van der Waals surface area contributed by atoms with Gasteiger partial charge in [-0.1, -0.05) is 0 Å². The lowest BCUT2D eigenvalue weighted by Crippen LogP contribution is -2.37. The molecule has 0 spiro atoms. The van der Waals surface area contributed by atoms with Crippen molar-refractivity contribution >= 4 is 16.7 Å². The SMILES string of the molecule is COc1ccc2c(C(C)=O)nc(OC3CCCNC3)nc2c1. The molecule has 1 saturated heterocycles. The Balaban J connectivity index is 2.00. The van der Waals surface area contributed by atoms with E-state index in [1.165, 1.54) is 6.92 Å². The second-order valence-corrected chi connectivity index (χ2v) is 5.38. The minimum absolute atomic E-state index is 0.0385. The number of ether oxygens (including phenoxy) is 2. The minimum atomic E-state index is -0.107. The van der Waals surface area contributed by atoms with Crippen LogP contribution in [0.2, 0.25) is 0 Å². The summed E-state index contributed by atoms with van der Waals surface area (Å²) in [5, 5.41) is 3.99. The first kappa shape index (κ1) is 14.7. The van der Waals surface area contributed by atoms with Crippen molar-refractivity contribution in [2.24, 2.45) is 0 Å². The van der Waals surface area contributed by atoms with E-state index in [1.807, 2.05) is 0 Å². The van der Waals surface area contributed by atoms with E-state index in [0.29, 0.717) is 22.3 Å². The van der Waals surface area contributed by atoms with Gasteiger partial charge in [-0.2, -0.15) is 9.97 Å². The molecular weight excluding hydrogens is 282 g/mol. The van der Waals surface area contributed by atoms with E-state index in [1.54, 1.807) is 25.3 Å². The number of ketones is 1. The fourth-order valence-corrected chi connectivity index (χ4v) is 2.61. The van der Waals surface area contributed by atoms with Crippen molar-refractivity contribution in [1.29, 1.82) is 0 Å². The van der Waals surface area contributed by atoms with Gasteiger partial charge >= 0.3 is 6.01 Å². The van der Waals surface area contributed by atoms with E-state index in [-0.39, 0.29) is 17.9 Å². The summed E-state index contributed by atoms with van der Waals surface area (Å²) in [6.07, 6.45) is 2.06. The maximum atomic E-state index is 11.9. The molecule has 2 aromatic rings. The molecule has 1 N–H and O–H groups in total. The number of nitrogens with zero attached hydrogens (tertiary/aromatic N) is 2. The lowest BCUT2D eigenvalue weighted by atomic mass is 10.1. The summed E-state index contributed by atoms with van der Waals surface area (Å²) >= 11 is 0. The molecule has 1 aromatic heterocycles. The van der Waals surface area contributed by atoms with Crippen molar-refractivity contribution < 1.29 is 14.3 Å². The summed E-state index contributed by atoms with van der Waals surface area (Å²) in [6, 6.07) is 5.63. The lowest BCUT2D eigenvalue weighted by molar-refractivity contribution is 0.101. The van der Waals surface area contributed by atoms with Crippen molar-refractivity contribution in [3.05, 3.63) is 23.9 Å². The number of fused-ring (bicyclic) bond motifs is 1. The Bertz CT molecular complexity index is 696. The van der Waals surface area contributed by atoms with Crippen LogP contribution in [0.5, 0.6) is 11.8 Å². The summed E-state index contributed by atoms with van der Waals surface area (Å²) in [5.74, 6) is 0.579. The number of methoxy groups -OCH3 is 1. The first-order chi connectivity index (χ1) is 10.7. The van der Waals surface area contributed by atoms with Crippen molar-refractivity contribution in [3.8, 4) is 11.8 Å². The number of carbonyl (C=O) groups excluding carboxylic acids is 1. The highest BCUT2D eigenvalue weighted by molar-refractivity contribution is 6.04. The van der Waals surface area contributed by atoms with Gasteiger partial charge in [-0.25, -0.2) is 0 Å². The number of piperidine rings is 1. The van der Waals surface area contributed by atoms with Crippen molar-refractivity contribution in [2.75, 3.05) is 20.2 Å². The zero-order valence-corrected chi connectivity index (χ0v) is 12.8. The largest absolute Gasteiger partial charge is 0.497 e. The average Bonchev–Trinajstić information content (AvgIpc) is 2.54. The standard InChI is InChI=1S/C16H19N3O3/c1-10(20)15-13-6-5-11(21-2)8-14(13)18-16(19-15)22-12-4-3-7-17-9-12/h5-6,8,12,17H,3-4,7,9H2,1-2H3. The zero-order chi connectivity index (χ0) is 15.5. The molecule has 0 saturated carbocycles. The van der Waals surface area contributed by atoms with Crippen molar-refractivity contribution in [3.63, 3.8) is 0 Å². The number of carbonyl (C=O) groups is 1. The van der Waals surface area contributed by atoms with Crippen LogP contribution in [0.4, 0.5) is 0 Å². The van der Waals surface area contributed by atoms with E-state index in [2.05, 4.69) is 15.3 Å². The third kappa shape index (κ3) is 3.01. The van der Waals surface area contributed by atoms with Crippen molar-refractivity contribution in [2.45, 2.75) is 25.9 Å². The smallest absolute Gasteiger partial charge is 0.317 e. The quantitative estimate of drug-likeness (QED) is 0.870. The third-order valence-electron chi connectivity index (χ3n) is 3.74. The molecule has 1 atom stereocenters. The normalized spacial score (nSPS) is 18.2. The van der Waals surface area contributed by atoms with Crippen LogP contribution in [-0.2, 0) is 0 Å². The molecule has 2 heterocycles. The molecule has 0 radical (unpaired) electrons. The molecule has 0 amide bonds. The van der Waals surface area contributed by atoms with Gasteiger partial charge in [0.2, 0.25) is 0 Å². The predicted octanol–water partition coefficient (Wildman–Crippen LogP) is 1.97. The molecule has 22 heavy (non-hydrogen) atoms. The zero-order valence-electron chi connectivity index (χ0n) is 12.8. The molecule has 3 rings (SSSR count). The molecule has 0 bridgehead atoms. The summed E-state index contributed by atoms with van der Waals surface area (Å²) in [6.45, 7) is 3.28. The molecule has 1 unspecified atom stereocenters. The number of hydrogen-bond acceptors (Lipinski definition) is 6. The first-order valence-corrected chi connectivity index (χ1v) is 7.41. The minimum Gasteiger partial charge on any atom is -0.497 e. The first-order valence-electron chi connectivity index (χ1n) is 7.41. The fraction of sp³-hybridized carbons (Fsp3) is 0.438. The van der Waals surface area contributed by atoms with Gasteiger partial charge in [0.15, 0.2) is 5.78 Å². The van der Waals surface area contributed by atoms with Crippen LogP contribution in [0.15, 0.2) is 18.2 Å². The Morgan fingerprint density at radius 3 is 2.91 bits per heavy atom. The highest BCUT2D eigenvalue weighted by atomic mass is 16.5. The maximum absolute atomic E-state index is 11.9. The van der Waals surface area contributed by atoms with Gasteiger partial charge in [-0.15, -0.1) is 0 Å². The van der Waals surface area contributed by atoms with Crippen LogP contribution in [0.3, 0.4) is 0 Å². The van der Waals surface area contributed by atoms with Crippen LogP contribution < -0.4 is 14.8 Å². The molecule has 6 nitrogen and oxygen atoms in total. The topological polar surface area (TPSA) is 73.3 Å². The van der Waals surface area contributed by atoms with Gasteiger partial charge in [0.05, 0.1) is 12.6 Å². The van der Waals surface area contributed by atoms with Gasteiger partial charge < -0.3 is 14.8 Å². The van der Waals surface area contributed by atoms with Gasteiger partial charge in [-0.05, 0) is 31.5 Å². The van der Waals surface area contributed by atoms with Crippen molar-refractivity contribution in [1.82, 2.24) is 15.3 Å². The monoisotopic (exact) mass is 301 g/mol. The predicted molar refractivity (Wildman–Crippen MR) is 82.6 cm³/mol. The lowest BCUT2D eigenvalue weighted by Gasteiger charge is -2.23. The second kappa shape index (κ2) is 6.27. The molecule has 1 aliphatic heterocycles. The summed E-state index contributed by atoms with van der Waals surface area (Å²) in [7, 11) is 1.60. The summed E-state index contributed by atoms with van der Waals surface area (Å²) in [4.78, 5) is 20.6. The average molecular weight is 301 g/mol. The van der Waals surface area contributed by atoms with Gasteiger partial charge in [-0.3, -0.25) is 4.79 Å². The van der Waals surface area contributed by atoms with Crippen LogP contribution >= 0.6 is 0 Å². The number of benzene rings is 1. The molecule has 116 valence electrons. The second-order valence-electron chi connectivity index (χ2n) is 5.38. The Hall–Kier alpha value is -2.21. The number of Topliss-reactive ketones (excluding diaryl/α,β-unsaturated/α-hetero) is 1. The third-order valence-corrected chi connectivity index (χ3v) is 3.74. The molecular formula is C16H19N3O3. The highest BCUT2D eigenvalue weighted by Crippen LogP contribution is 2.24. The Morgan fingerprint density at radius 2 is 2.23 bits per heavy atom. The molecule has 1 aliphatic rings. The van der Waals surface area contributed by atoms with Crippen LogP contribution in [0.1, 0.15) is 30.3 Å². The van der Waals surface area contributed by atoms with Crippen LogP contribution in [0.25, 0.3) is 10.9 Å². The van der Waals surface area contributed by atoms with E-state index in [0.717, 1.165) is 25.9 Å². The Labute approximate surface area is 128 Å². The number of rotatable bonds is 4. The van der Waals surface area contributed by atoms with E-state index in [9.17, 15) is 4.79 Å². The number of nitrogens with one attached hydrogen (secondary N) is 1. The fourth-order valence-electron chi connectivity index (χ4n) is 2.61. The maximum Gasteiger partial charge on any atom is 0.317 e. The molecule has 0 aliphatic carbocycles. The number of hydrogen-bond donors (Lipinski definition) is 1. The van der Waals surface area contributed by atoms with Gasteiger partial charge in [0.1, 0.15) is 17.5 Å². The van der Waals surface area contributed by atoms with Crippen LogP contribution in [-0.4, -0.2) is 42.1 Å². The van der Waals surface area contributed by atoms with E-state index >= 15 is 0 Å². The Morgan fingerprint density at radius 1 is 1.36 bits per heavy atom. The van der Waals surface area contributed by atoms with Crippen LogP contribution in [0, 0.1) is 0 Å². The molecule has 1 aromatic carbocycles. The molecule has 6 heteroatoms. The number of aromatic nitrogens is 2. The highest BCUT2D eigenvalue weighted by Gasteiger charge is 2.18. The molecule has 1 fully saturated rings. The summed E-state index contributed by atoms with van der Waals surface area (Å²) in [5.41, 5.74) is 1.03. The summed E-state index contributed by atoms with van der Waals surface area (Å²) < 4.78 is 11.1. The van der Waals surface area contributed by atoms with E-state index in [4.69, 9.17) is 9.47 Å². The van der Waals surface area contributed by atoms with E-state index < -0.39 is 0 Å².